The van der Waals surface area contributed by atoms with Crippen molar-refractivity contribution in [2.24, 2.45) is 7.05 Å². The topological polar surface area (TPSA) is 427 Å². The van der Waals surface area contributed by atoms with E-state index in [-0.39, 0.29) is 30.7 Å². The van der Waals surface area contributed by atoms with Crippen LogP contribution in [0.4, 0.5) is 58.4 Å². The van der Waals surface area contributed by atoms with E-state index in [1.807, 2.05) is 70.9 Å². The van der Waals surface area contributed by atoms with Gasteiger partial charge in [-0.3, -0.25) is 27.9 Å². The molecule has 4 aliphatic rings. The monoisotopic (exact) mass is 1570 g/mol. The van der Waals surface area contributed by atoms with Crippen LogP contribution in [0.2, 0.25) is 39.3 Å². The van der Waals surface area contributed by atoms with Gasteiger partial charge in [0.25, 0.3) is 0 Å². The lowest BCUT2D eigenvalue weighted by atomic mass is 10.1. The lowest BCUT2D eigenvalue weighted by Gasteiger charge is -2.30. The number of carbonyl (C=O) groups excluding carboxylic acids is 2. The molecule has 32 nitrogen and oxygen atoms in total. The molecule has 5 aromatic rings. The first-order valence-electron chi connectivity index (χ1n) is 33.9. The zero-order chi connectivity index (χ0) is 81.8. The van der Waals surface area contributed by atoms with Crippen molar-refractivity contribution >= 4 is 51.7 Å². The van der Waals surface area contributed by atoms with Gasteiger partial charge < -0.3 is 84.9 Å². The second-order valence-electron chi connectivity index (χ2n) is 24.5. The number of hydrogen-bond acceptors (Lipinski definition) is 25. The average Bonchev–Trinajstić information content (AvgIpc) is 1.64. The van der Waals surface area contributed by atoms with E-state index in [0.29, 0.717) is 28.9 Å². The molecule has 4 fully saturated rings. The van der Waals surface area contributed by atoms with E-state index in [1.165, 1.54) is 51.8 Å². The van der Waals surface area contributed by atoms with Gasteiger partial charge in [0.2, 0.25) is 36.7 Å². The van der Waals surface area contributed by atoms with Crippen LogP contribution in [-0.4, -0.2) is 219 Å². The molecule has 106 heavy (non-hydrogen) atoms. The Morgan fingerprint density at radius 3 is 1.04 bits per heavy atom. The summed E-state index contributed by atoms with van der Waals surface area (Å²) in [7, 11) is -1.52. The number of rotatable bonds is 17. The zero-order valence-electron chi connectivity index (χ0n) is 63.2. The Kier molecular flexibility index (Phi) is 40.3. The number of nitrogens with two attached hydrogens (primary N) is 2. The number of hydrogen-bond donors (Lipinski definition) is 9. The molecule has 9 rings (SSSR count). The molecule has 5 aromatic heterocycles. The Morgan fingerprint density at radius 1 is 0.557 bits per heavy atom. The number of aliphatic hydroxyl groups excluding tert-OH is 5. The molecule has 4 saturated heterocycles. The van der Waals surface area contributed by atoms with Crippen LogP contribution < -0.4 is 44.9 Å². The maximum atomic E-state index is 14.9. The van der Waals surface area contributed by atoms with Gasteiger partial charge in [0.15, 0.2) is 28.8 Å². The van der Waals surface area contributed by atoms with E-state index in [1.54, 1.807) is 33.3 Å². The number of imidazole rings is 1. The largest absolute Gasteiger partial charge is 0.406 e. The minimum Gasteiger partial charge on any atom is -0.406 e. The number of alkyl halides is 8. The highest BCUT2D eigenvalue weighted by molar-refractivity contribution is 6.70. The van der Waals surface area contributed by atoms with Crippen LogP contribution >= 0.6 is 0 Å². The number of nitrogens with one attached hydrogen (secondary N) is 2. The predicted octanol–water partition coefficient (Wildman–Crippen LogP) is 6.22. The second-order valence-corrected chi connectivity index (χ2v) is 33.4. The molecule has 0 saturated carbocycles. The first kappa shape index (κ1) is 96.7. The van der Waals surface area contributed by atoms with E-state index < -0.39 is 162 Å². The Hall–Kier alpha value is -7.34. The second kappa shape index (κ2) is 44.2. The molecule has 0 spiro atoms. The smallest absolute Gasteiger partial charge is 0.351 e. The zero-order valence-corrected chi connectivity index (χ0v) is 64.2. The van der Waals surface area contributed by atoms with Gasteiger partial charge in [-0.15, -0.1) is 0 Å². The first-order valence-corrected chi connectivity index (χ1v) is 40.0. The van der Waals surface area contributed by atoms with Crippen molar-refractivity contribution in [3.05, 3.63) is 110 Å². The SMILES string of the molecule is C.CC.CC(=O)Nc1ccn([C@@H]2O[C@H](CO)[C@@H](O)C2(F)F)c(=O)n1.CCN(CC)CC.CC[C@H]1O[C@@H](n2ccc(N)nc2=O)C(F)(F)[C@@H]1O[Si](C)(C)C.CC[C@H]1O[C@@H](n2ccc(NC(C)=O)nc2=O)C(F)(F)[C@@H]1O[Si](C)(C)C.CO.Cn1ccnc1.Nc1ccn([C@@H]2O[C@H](CO)[C@@H](O)C2(F)F)c(=O)n1.[2H]CC. The van der Waals surface area contributed by atoms with Gasteiger partial charge >= 0.3 is 46.4 Å². The summed E-state index contributed by atoms with van der Waals surface area (Å²) in [4.78, 5) is 88.9. The summed E-state index contributed by atoms with van der Waals surface area (Å²) >= 11 is 0. The molecule has 606 valence electrons. The maximum Gasteiger partial charge on any atom is 0.351 e. The third-order valence-corrected chi connectivity index (χ3v) is 16.5. The van der Waals surface area contributed by atoms with Gasteiger partial charge in [0, 0.05) is 66.6 Å². The Balaban J connectivity index is 0.00000129. The summed E-state index contributed by atoms with van der Waals surface area (Å²) in [5.41, 5.74) is 6.71. The predicted molar refractivity (Wildman–Crippen MR) is 384 cm³/mol. The molecule has 11 N–H and O–H groups in total. The van der Waals surface area contributed by atoms with Crippen molar-refractivity contribution < 1.29 is 99.4 Å². The molecule has 42 heteroatoms. The minimum atomic E-state index is -3.77. The van der Waals surface area contributed by atoms with Gasteiger partial charge in [-0.05, 0) is 96.0 Å². The van der Waals surface area contributed by atoms with E-state index in [0.717, 1.165) is 47.0 Å². The number of carbonyl (C=O) groups is 2. The number of nitrogens with zero attached hydrogens (tertiary/aromatic N) is 11. The highest BCUT2D eigenvalue weighted by Crippen LogP contribution is 2.48. The van der Waals surface area contributed by atoms with E-state index in [4.69, 9.17) is 56.0 Å². The number of anilines is 4. The number of aryl methyl sites for hydroxylation is 1. The summed E-state index contributed by atoms with van der Waals surface area (Å²) in [6.45, 7) is 31.7. The first-order chi connectivity index (χ1) is 49.3. The van der Waals surface area contributed by atoms with E-state index >= 15 is 0 Å². The lowest BCUT2D eigenvalue weighted by Crippen LogP contribution is -2.47. The molecule has 0 bridgehead atoms. The quantitative estimate of drug-likeness (QED) is 0.0368. The van der Waals surface area contributed by atoms with Crippen molar-refractivity contribution in [3.8, 4) is 0 Å². The van der Waals surface area contributed by atoms with Crippen LogP contribution in [0.3, 0.4) is 0 Å². The van der Waals surface area contributed by atoms with Gasteiger partial charge in [0.1, 0.15) is 47.7 Å². The van der Waals surface area contributed by atoms with Crippen molar-refractivity contribution in [2.75, 3.05) is 62.1 Å². The molecule has 2 amide bonds. The highest BCUT2D eigenvalue weighted by atomic mass is 28.4. The standard InChI is InChI=1S/C15H23F2N3O4Si.C13H21F2N3O3Si.C11H13F2N3O5.C9H11F2N3O4.C6H15N.C4H6N2.2C2H6.CH4O.CH4/c1-6-10-12(24-25(3,4)5)15(16,17)13(23-10)20-8-7-11(18-9(2)21)19-14(20)22;1-5-8-10(21-22(2,3)4)13(14,15)11(20-8)18-7-6-9(16)17-12(18)19;1-5(18)14-7-2-3-16(10(20)15-7)9-11(12,13)8(19)6(4-17)21-9;10-9(11)6(16)4(3-15)18-7(9)14-2-1-5(12)13-8(14)17;1-4-7(5-2)6-3;1-6-3-2-5-4-6;3*1-2;/h7-8,10,12-13H,6H2,1-5H3,(H,18,19,21,22);6-8,10-11H,5H2,1-4H3,(H2,16,17,19);2-3,6,8-9,17,19H,4H2,1H3,(H,14,15,18,20);1-2,4,6-7,15-16H,3H2,(H2,12,13,17);4-6H2,1-3H3;2-4H,1H3;2*1-2H3;2H,1H3;1H4/t10-,12-,13-;8-,10-,11-;6-,8-,9-;4-,6-,7-;;;;;;/m1111....../s1/i;;;;;;1D;;;. The Bertz CT molecular complexity index is 3690. The average molecular weight is 1570 g/mol. The third kappa shape index (κ3) is 27.4. The molecule has 0 unspecified atom stereocenters. The normalized spacial score (nSPS) is 24.0. The minimum absolute atomic E-state index is 0. The van der Waals surface area contributed by atoms with Crippen molar-refractivity contribution in [1.82, 2.24) is 52.7 Å². The molecule has 0 radical (unpaired) electrons. The van der Waals surface area contributed by atoms with Crippen LogP contribution in [0.15, 0.2) is 87.0 Å². The van der Waals surface area contributed by atoms with Crippen molar-refractivity contribution in [1.29, 1.82) is 0 Å². The van der Waals surface area contributed by atoms with E-state index in [9.17, 15) is 74.1 Å². The summed E-state index contributed by atoms with van der Waals surface area (Å²) in [5, 5.41) is 47.9. The van der Waals surface area contributed by atoms with Gasteiger partial charge in [0.05, 0.1) is 31.7 Å². The van der Waals surface area contributed by atoms with E-state index in [2.05, 4.69) is 61.2 Å². The van der Waals surface area contributed by atoms with Crippen LogP contribution in [0, 0.1) is 0 Å². The number of amides is 2. The third-order valence-electron chi connectivity index (χ3n) is 14.5. The number of ether oxygens (including phenoxy) is 4. The summed E-state index contributed by atoms with van der Waals surface area (Å²) in [5.74, 6) is -15.3. The van der Waals surface area contributed by atoms with Crippen LogP contribution in [0.1, 0.15) is 123 Å². The van der Waals surface area contributed by atoms with Crippen LogP contribution in [0.5, 0.6) is 0 Å². The molecule has 12 atom stereocenters. The summed E-state index contributed by atoms with van der Waals surface area (Å²) < 4.78 is 157. The van der Waals surface area contributed by atoms with Crippen molar-refractivity contribution in [3.63, 3.8) is 0 Å². The van der Waals surface area contributed by atoms with Gasteiger partial charge in [-0.2, -0.15) is 55.1 Å². The molecular weight excluding hydrogens is 1460 g/mol. The summed E-state index contributed by atoms with van der Waals surface area (Å²) in [6, 6.07) is 4.85. The number of nitrogen functional groups attached to an aromatic ring is 2. The van der Waals surface area contributed by atoms with Gasteiger partial charge in [-0.25, -0.2) is 24.2 Å². The van der Waals surface area contributed by atoms with Crippen LogP contribution in [-0.2, 0) is 44.4 Å². The fraction of sp³-hybridized carbons (Fsp3) is 0.672. The van der Waals surface area contributed by atoms with Crippen LogP contribution in [0.25, 0.3) is 0 Å². The molecular formula is C64H109F8N15O17Si2. The Labute approximate surface area is 613 Å². The summed E-state index contributed by atoms with van der Waals surface area (Å²) in [6.07, 6.45) is -9.11. The molecule has 9 heterocycles. The molecule has 4 aliphatic heterocycles. The number of aliphatic hydroxyl groups is 5. The molecule has 0 aliphatic carbocycles. The van der Waals surface area contributed by atoms with Crippen molar-refractivity contribution in [2.45, 2.75) is 233 Å². The maximum absolute atomic E-state index is 14.9. The van der Waals surface area contributed by atoms with Gasteiger partial charge in [-0.1, -0.05) is 69.7 Å². The molecule has 0 aromatic carbocycles. The highest BCUT2D eigenvalue weighted by Gasteiger charge is 2.64. The lowest BCUT2D eigenvalue weighted by molar-refractivity contribution is -0.141. The Morgan fingerprint density at radius 2 is 0.840 bits per heavy atom. The number of halogens is 8. The fourth-order valence-corrected chi connectivity index (χ4v) is 11.9. The number of aromatic nitrogens is 10. The fourth-order valence-electron chi connectivity index (χ4n) is 9.75.